The number of benzene rings is 1. The van der Waals surface area contributed by atoms with E-state index in [1.807, 2.05) is 0 Å². The number of hydrogen-bond donors (Lipinski definition) is 1. The van der Waals surface area contributed by atoms with Gasteiger partial charge in [0.05, 0.1) is 11.8 Å². The molecule has 5 nitrogen and oxygen atoms in total. The van der Waals surface area contributed by atoms with Gasteiger partial charge in [-0.2, -0.15) is 8.42 Å². The third kappa shape index (κ3) is 2.28. The summed E-state index contributed by atoms with van der Waals surface area (Å²) in [4.78, 5) is 3.65. The molecule has 0 fully saturated rings. The zero-order chi connectivity index (χ0) is 15.0. The van der Waals surface area contributed by atoms with Crippen LogP contribution in [0.15, 0.2) is 47.6 Å². The summed E-state index contributed by atoms with van der Waals surface area (Å²) >= 11 is 0. The van der Waals surface area contributed by atoms with E-state index in [2.05, 4.69) is 4.98 Å². The Hall–Kier alpha value is -1.99. The Morgan fingerprint density at radius 3 is 2.76 bits per heavy atom. The van der Waals surface area contributed by atoms with E-state index in [9.17, 15) is 17.9 Å². The van der Waals surface area contributed by atoms with Gasteiger partial charge < -0.3 is 5.11 Å². The van der Waals surface area contributed by atoms with Crippen molar-refractivity contribution in [1.29, 1.82) is 0 Å². The van der Waals surface area contributed by atoms with Crippen LogP contribution in [0.2, 0.25) is 0 Å². The highest BCUT2D eigenvalue weighted by Gasteiger charge is 2.34. The summed E-state index contributed by atoms with van der Waals surface area (Å²) < 4.78 is 40.1. The molecule has 1 aromatic heterocycles. The predicted octanol–water partition coefficient (Wildman–Crippen LogP) is 1.85. The van der Waals surface area contributed by atoms with Gasteiger partial charge >= 0.3 is 0 Å². The second-order valence-electron chi connectivity index (χ2n) is 4.73. The first-order valence-electron chi connectivity index (χ1n) is 6.42. The van der Waals surface area contributed by atoms with Crippen LogP contribution in [0.5, 0.6) is 0 Å². The van der Waals surface area contributed by atoms with Crippen LogP contribution in [-0.2, 0) is 10.0 Å². The van der Waals surface area contributed by atoms with Crippen LogP contribution in [0.25, 0.3) is 0 Å². The summed E-state index contributed by atoms with van der Waals surface area (Å²) in [7, 11) is -4.09. The minimum Gasteiger partial charge on any atom is -0.388 e. The van der Waals surface area contributed by atoms with E-state index < -0.39 is 27.0 Å². The fourth-order valence-corrected chi connectivity index (χ4v) is 3.92. The minimum absolute atomic E-state index is 0.0799. The van der Waals surface area contributed by atoms with Crippen LogP contribution in [-0.4, -0.2) is 25.1 Å². The summed E-state index contributed by atoms with van der Waals surface area (Å²) in [6.07, 6.45) is 0.770. The Balaban J connectivity index is 2.14. The average Bonchev–Trinajstić information content (AvgIpc) is 2.48. The van der Waals surface area contributed by atoms with E-state index >= 15 is 0 Å². The van der Waals surface area contributed by atoms with Crippen molar-refractivity contribution >= 4 is 15.7 Å². The van der Waals surface area contributed by atoms with Crippen LogP contribution >= 0.6 is 0 Å². The first kappa shape index (κ1) is 14.0. The van der Waals surface area contributed by atoms with Crippen LogP contribution < -0.4 is 4.31 Å². The van der Waals surface area contributed by atoms with E-state index in [1.54, 1.807) is 24.3 Å². The molecule has 1 atom stereocenters. The third-order valence-electron chi connectivity index (χ3n) is 3.43. The Kier molecular flexibility index (Phi) is 3.38. The molecule has 1 aliphatic rings. The topological polar surface area (TPSA) is 70.5 Å². The lowest BCUT2D eigenvalue weighted by molar-refractivity contribution is 0.166. The number of aliphatic hydroxyl groups excluding tert-OH is 1. The summed E-state index contributed by atoms with van der Waals surface area (Å²) in [5.74, 6) is -0.888. The van der Waals surface area contributed by atoms with E-state index in [-0.39, 0.29) is 13.0 Å². The molecule has 1 unspecified atom stereocenters. The van der Waals surface area contributed by atoms with Gasteiger partial charge in [-0.3, -0.25) is 4.31 Å². The second kappa shape index (κ2) is 5.09. The van der Waals surface area contributed by atoms with Crippen molar-refractivity contribution in [3.63, 3.8) is 0 Å². The first-order valence-corrected chi connectivity index (χ1v) is 7.86. The lowest BCUT2D eigenvalue weighted by Gasteiger charge is -2.32. The van der Waals surface area contributed by atoms with Crippen molar-refractivity contribution in [2.75, 3.05) is 10.8 Å². The Labute approximate surface area is 121 Å². The highest BCUT2D eigenvalue weighted by molar-refractivity contribution is 7.92. The number of sulfonamides is 1. The highest BCUT2D eigenvalue weighted by atomic mass is 32.2. The average molecular weight is 308 g/mol. The van der Waals surface area contributed by atoms with Gasteiger partial charge in [0.2, 0.25) is 5.03 Å². The molecule has 7 heteroatoms. The number of aromatic nitrogens is 1. The number of para-hydroxylation sites is 1. The monoisotopic (exact) mass is 308 g/mol. The molecule has 2 aromatic rings. The molecule has 110 valence electrons. The van der Waals surface area contributed by atoms with Gasteiger partial charge in [-0.15, -0.1) is 0 Å². The van der Waals surface area contributed by atoms with Crippen molar-refractivity contribution in [2.45, 2.75) is 17.6 Å². The second-order valence-corrected chi connectivity index (χ2v) is 6.51. The van der Waals surface area contributed by atoms with Gasteiger partial charge in [-0.1, -0.05) is 18.2 Å². The van der Waals surface area contributed by atoms with E-state index in [0.29, 0.717) is 11.3 Å². The van der Waals surface area contributed by atoms with Gasteiger partial charge in [0.25, 0.3) is 10.0 Å². The number of halogens is 1. The zero-order valence-electron chi connectivity index (χ0n) is 11.0. The van der Waals surface area contributed by atoms with E-state index in [0.717, 1.165) is 10.4 Å². The maximum atomic E-state index is 13.8. The Morgan fingerprint density at radius 1 is 1.24 bits per heavy atom. The van der Waals surface area contributed by atoms with Gasteiger partial charge in [-0.25, -0.2) is 9.37 Å². The largest absolute Gasteiger partial charge is 0.388 e. The van der Waals surface area contributed by atoms with Crippen LogP contribution in [0.3, 0.4) is 0 Å². The third-order valence-corrected chi connectivity index (χ3v) is 5.18. The normalized spacial score (nSPS) is 18.4. The molecule has 21 heavy (non-hydrogen) atoms. The molecule has 0 spiro atoms. The minimum atomic E-state index is -4.09. The Bertz CT molecular complexity index is 779. The fourth-order valence-electron chi connectivity index (χ4n) is 2.43. The molecule has 0 bridgehead atoms. The Morgan fingerprint density at radius 2 is 2.00 bits per heavy atom. The molecule has 0 saturated carbocycles. The fraction of sp³-hybridized carbons (Fsp3) is 0.214. The zero-order valence-corrected chi connectivity index (χ0v) is 11.8. The summed E-state index contributed by atoms with van der Waals surface area (Å²) in [6.45, 7) is 0.0799. The molecule has 1 N–H and O–H groups in total. The molecular formula is C14H13FN2O3S. The van der Waals surface area contributed by atoms with Crippen molar-refractivity contribution in [1.82, 2.24) is 4.98 Å². The summed E-state index contributed by atoms with van der Waals surface area (Å²) in [5.41, 5.74) is 0.880. The summed E-state index contributed by atoms with van der Waals surface area (Å²) in [6, 6.07) is 9.05. The van der Waals surface area contributed by atoms with Gasteiger partial charge in [-0.05, 0) is 24.6 Å². The van der Waals surface area contributed by atoms with Gasteiger partial charge in [0, 0.05) is 18.3 Å². The smallest absolute Gasteiger partial charge is 0.284 e. The van der Waals surface area contributed by atoms with Crippen molar-refractivity contribution in [3.8, 4) is 0 Å². The maximum absolute atomic E-state index is 13.8. The van der Waals surface area contributed by atoms with Crippen LogP contribution in [0.4, 0.5) is 10.1 Å². The van der Waals surface area contributed by atoms with E-state index in [1.165, 1.54) is 12.3 Å². The number of fused-ring (bicyclic) bond motifs is 1. The number of nitrogens with zero attached hydrogens (tertiary/aromatic N) is 2. The maximum Gasteiger partial charge on any atom is 0.284 e. The first-order chi connectivity index (χ1) is 10.0. The van der Waals surface area contributed by atoms with Crippen molar-refractivity contribution < 1.29 is 17.9 Å². The number of aliphatic hydroxyl groups is 1. The molecule has 2 heterocycles. The molecule has 0 saturated heterocycles. The van der Waals surface area contributed by atoms with Crippen molar-refractivity contribution in [2.24, 2.45) is 0 Å². The highest BCUT2D eigenvalue weighted by Crippen LogP contribution is 2.36. The molecule has 0 radical (unpaired) electrons. The molecule has 0 amide bonds. The number of rotatable bonds is 2. The quantitative estimate of drug-likeness (QED) is 0.919. The van der Waals surface area contributed by atoms with Crippen LogP contribution in [0.1, 0.15) is 18.1 Å². The lowest BCUT2D eigenvalue weighted by Crippen LogP contribution is -2.37. The van der Waals surface area contributed by atoms with Crippen molar-refractivity contribution in [3.05, 3.63) is 54.0 Å². The van der Waals surface area contributed by atoms with Gasteiger partial charge in [0.1, 0.15) is 0 Å². The number of hydrogen-bond acceptors (Lipinski definition) is 4. The number of anilines is 1. The lowest BCUT2D eigenvalue weighted by atomic mass is 10.0. The predicted molar refractivity (Wildman–Crippen MR) is 74.7 cm³/mol. The van der Waals surface area contributed by atoms with Crippen LogP contribution in [0, 0.1) is 5.82 Å². The molecular weight excluding hydrogens is 295 g/mol. The standard InChI is InChI=1S/C14H13FN2O3S/c15-11-5-3-8-16-14(11)21(19,20)17-9-7-13(18)10-4-1-2-6-12(10)17/h1-6,8,13,18H,7,9H2. The molecule has 3 rings (SSSR count). The van der Waals surface area contributed by atoms with E-state index in [4.69, 9.17) is 0 Å². The van der Waals surface area contributed by atoms with Gasteiger partial charge in [0.15, 0.2) is 5.82 Å². The molecule has 0 aliphatic carbocycles. The molecule has 1 aliphatic heterocycles. The molecule has 1 aromatic carbocycles. The number of pyridine rings is 1. The summed E-state index contributed by atoms with van der Waals surface area (Å²) in [5, 5.41) is 9.36. The SMILES string of the molecule is O=S(=O)(c1ncccc1F)N1CCC(O)c2ccccc21.